The summed E-state index contributed by atoms with van der Waals surface area (Å²) in [6.45, 7) is 0.0958. The van der Waals surface area contributed by atoms with Gasteiger partial charge in [0.25, 0.3) is 0 Å². The van der Waals surface area contributed by atoms with Crippen molar-refractivity contribution < 1.29 is 40.6 Å². The van der Waals surface area contributed by atoms with Crippen LogP contribution in [0, 0.1) is 0 Å². The molecule has 170 valence electrons. The number of nitrogens with zero attached hydrogens (tertiary/aromatic N) is 1. The van der Waals surface area contributed by atoms with Crippen LogP contribution in [0.15, 0.2) is 42.6 Å². The van der Waals surface area contributed by atoms with Crippen LogP contribution in [0.3, 0.4) is 0 Å². The standard InChI is InChI=1S/C19H19F6N3O3/c1-11(15-7-6-13(9-27-15)30-10-18(20,21)22)28-17(29)14(26)8-12-4-2-3-5-16(12)31-19(23,24)25/h2-7,9,11,14H,8,10,26H2,1H3,(H,28,29). The normalized spacial score (nSPS) is 13.9. The summed E-state index contributed by atoms with van der Waals surface area (Å²) >= 11 is 0. The molecule has 12 heteroatoms. The van der Waals surface area contributed by atoms with Crippen LogP contribution in [0.1, 0.15) is 24.2 Å². The number of para-hydroxylation sites is 1. The first kappa shape index (κ1) is 24.3. The average molecular weight is 451 g/mol. The van der Waals surface area contributed by atoms with Crippen LogP contribution < -0.4 is 20.5 Å². The number of ether oxygens (including phenoxy) is 2. The van der Waals surface area contributed by atoms with Crippen molar-refractivity contribution in [1.29, 1.82) is 0 Å². The van der Waals surface area contributed by atoms with Crippen molar-refractivity contribution >= 4 is 5.91 Å². The number of carbonyl (C=O) groups is 1. The maximum absolute atomic E-state index is 12.5. The molecule has 2 unspecified atom stereocenters. The number of alkyl halides is 6. The van der Waals surface area contributed by atoms with Crippen LogP contribution in [0.25, 0.3) is 0 Å². The Bertz CT molecular complexity index is 871. The van der Waals surface area contributed by atoms with E-state index in [0.29, 0.717) is 5.69 Å². The van der Waals surface area contributed by atoms with Gasteiger partial charge in [0.2, 0.25) is 5.91 Å². The molecule has 0 aliphatic heterocycles. The van der Waals surface area contributed by atoms with E-state index < -0.39 is 42.9 Å². The minimum Gasteiger partial charge on any atom is -0.483 e. The molecular formula is C19H19F6N3O3. The highest BCUT2D eigenvalue weighted by Crippen LogP contribution is 2.27. The van der Waals surface area contributed by atoms with Crippen molar-refractivity contribution in [3.05, 3.63) is 53.9 Å². The molecule has 2 aromatic rings. The largest absolute Gasteiger partial charge is 0.573 e. The third kappa shape index (κ3) is 8.32. The summed E-state index contributed by atoms with van der Waals surface area (Å²) in [5.74, 6) is -1.21. The second kappa shape index (κ2) is 9.86. The minimum absolute atomic E-state index is 0.0967. The molecule has 2 atom stereocenters. The summed E-state index contributed by atoms with van der Waals surface area (Å²) in [5.41, 5.74) is 6.23. The highest BCUT2D eigenvalue weighted by molar-refractivity contribution is 5.82. The molecule has 2 rings (SSSR count). The lowest BCUT2D eigenvalue weighted by Crippen LogP contribution is -2.43. The molecule has 0 radical (unpaired) electrons. The lowest BCUT2D eigenvalue weighted by Gasteiger charge is -2.19. The Hall–Kier alpha value is -3.02. The summed E-state index contributed by atoms with van der Waals surface area (Å²) in [4.78, 5) is 16.3. The number of hydrogen-bond donors (Lipinski definition) is 2. The first-order valence-corrected chi connectivity index (χ1v) is 8.89. The Kier molecular flexibility index (Phi) is 7.71. The van der Waals surface area contributed by atoms with Gasteiger partial charge in [0.05, 0.1) is 24.0 Å². The molecule has 1 aromatic carbocycles. The van der Waals surface area contributed by atoms with Crippen molar-refractivity contribution in [2.75, 3.05) is 6.61 Å². The van der Waals surface area contributed by atoms with Crippen molar-refractivity contribution in [3.8, 4) is 11.5 Å². The van der Waals surface area contributed by atoms with Gasteiger partial charge in [-0.2, -0.15) is 13.2 Å². The lowest BCUT2D eigenvalue weighted by molar-refractivity contribution is -0.274. The highest BCUT2D eigenvalue weighted by Gasteiger charge is 2.32. The van der Waals surface area contributed by atoms with Crippen LogP contribution >= 0.6 is 0 Å². The molecule has 1 amide bonds. The monoisotopic (exact) mass is 451 g/mol. The third-order valence-corrected chi connectivity index (χ3v) is 3.94. The Morgan fingerprint density at radius 2 is 1.81 bits per heavy atom. The second-order valence-corrected chi connectivity index (χ2v) is 6.52. The fourth-order valence-corrected chi connectivity index (χ4v) is 2.52. The van der Waals surface area contributed by atoms with Gasteiger partial charge < -0.3 is 20.5 Å². The number of hydrogen-bond acceptors (Lipinski definition) is 5. The molecule has 0 spiro atoms. The molecule has 0 bridgehead atoms. The number of carbonyl (C=O) groups excluding carboxylic acids is 1. The van der Waals surface area contributed by atoms with Crippen molar-refractivity contribution in [2.24, 2.45) is 5.73 Å². The van der Waals surface area contributed by atoms with Crippen LogP contribution in [-0.2, 0) is 11.2 Å². The third-order valence-electron chi connectivity index (χ3n) is 3.94. The summed E-state index contributed by atoms with van der Waals surface area (Å²) in [6, 6.07) is 6.09. The second-order valence-electron chi connectivity index (χ2n) is 6.52. The van der Waals surface area contributed by atoms with E-state index in [1.165, 1.54) is 30.3 Å². The van der Waals surface area contributed by atoms with Gasteiger partial charge in [-0.1, -0.05) is 18.2 Å². The van der Waals surface area contributed by atoms with Gasteiger partial charge in [0.1, 0.15) is 11.5 Å². The number of rotatable bonds is 8. The van der Waals surface area contributed by atoms with Crippen molar-refractivity contribution in [1.82, 2.24) is 10.3 Å². The number of amides is 1. The molecule has 0 aliphatic rings. The number of aromatic nitrogens is 1. The summed E-state index contributed by atoms with van der Waals surface area (Å²) < 4.78 is 82.5. The topological polar surface area (TPSA) is 86.5 Å². The molecular weight excluding hydrogens is 432 g/mol. The Morgan fingerprint density at radius 3 is 2.39 bits per heavy atom. The Labute approximate surface area is 173 Å². The van der Waals surface area contributed by atoms with E-state index in [9.17, 15) is 31.1 Å². The van der Waals surface area contributed by atoms with Gasteiger partial charge in [-0.25, -0.2) is 0 Å². The van der Waals surface area contributed by atoms with Gasteiger partial charge in [0.15, 0.2) is 6.61 Å². The zero-order valence-corrected chi connectivity index (χ0v) is 16.1. The van der Waals surface area contributed by atoms with Gasteiger partial charge in [-0.3, -0.25) is 9.78 Å². The first-order valence-electron chi connectivity index (χ1n) is 8.89. The van der Waals surface area contributed by atoms with Crippen LogP contribution in [0.2, 0.25) is 0 Å². The van der Waals surface area contributed by atoms with E-state index in [2.05, 4.69) is 19.8 Å². The molecule has 3 N–H and O–H groups in total. The molecule has 1 heterocycles. The Balaban J connectivity index is 1.96. The molecule has 0 fully saturated rings. The smallest absolute Gasteiger partial charge is 0.483 e. The van der Waals surface area contributed by atoms with E-state index in [1.54, 1.807) is 6.92 Å². The predicted molar refractivity (Wildman–Crippen MR) is 97.1 cm³/mol. The number of nitrogens with one attached hydrogen (secondary N) is 1. The van der Waals surface area contributed by atoms with Crippen LogP contribution in [0.4, 0.5) is 26.3 Å². The number of benzene rings is 1. The fourth-order valence-electron chi connectivity index (χ4n) is 2.52. The quantitative estimate of drug-likeness (QED) is 0.599. The van der Waals surface area contributed by atoms with Gasteiger partial charge in [-0.05, 0) is 30.7 Å². The zero-order chi connectivity index (χ0) is 23.2. The fraction of sp³-hybridized carbons (Fsp3) is 0.368. The lowest BCUT2D eigenvalue weighted by atomic mass is 10.0. The van der Waals surface area contributed by atoms with Crippen molar-refractivity contribution in [3.63, 3.8) is 0 Å². The molecule has 6 nitrogen and oxygen atoms in total. The van der Waals surface area contributed by atoms with Crippen LogP contribution in [-0.4, -0.2) is 36.1 Å². The molecule has 1 aromatic heterocycles. The summed E-state index contributed by atoms with van der Waals surface area (Å²) in [6.07, 6.45) is -8.52. The maximum Gasteiger partial charge on any atom is 0.573 e. The van der Waals surface area contributed by atoms with E-state index in [0.717, 1.165) is 12.3 Å². The van der Waals surface area contributed by atoms with Crippen molar-refractivity contribution in [2.45, 2.75) is 38.0 Å². The summed E-state index contributed by atoms with van der Waals surface area (Å²) in [5, 5.41) is 2.55. The number of pyridine rings is 1. The SMILES string of the molecule is CC(NC(=O)C(N)Cc1ccccc1OC(F)(F)F)c1ccc(OCC(F)(F)F)cn1. The molecule has 31 heavy (non-hydrogen) atoms. The zero-order valence-electron chi connectivity index (χ0n) is 16.1. The van der Waals surface area contributed by atoms with E-state index >= 15 is 0 Å². The van der Waals surface area contributed by atoms with Gasteiger partial charge >= 0.3 is 12.5 Å². The van der Waals surface area contributed by atoms with E-state index in [1.807, 2.05) is 0 Å². The van der Waals surface area contributed by atoms with E-state index in [4.69, 9.17) is 5.73 Å². The van der Waals surface area contributed by atoms with Gasteiger partial charge in [0, 0.05) is 6.42 Å². The minimum atomic E-state index is -4.89. The molecule has 0 saturated heterocycles. The maximum atomic E-state index is 12.5. The Morgan fingerprint density at radius 1 is 1.13 bits per heavy atom. The number of halogens is 6. The average Bonchev–Trinajstić information content (AvgIpc) is 2.66. The highest BCUT2D eigenvalue weighted by atomic mass is 19.4. The predicted octanol–water partition coefficient (Wildman–Crippen LogP) is 3.67. The van der Waals surface area contributed by atoms with Crippen LogP contribution in [0.5, 0.6) is 11.5 Å². The number of nitrogens with two attached hydrogens (primary N) is 1. The van der Waals surface area contributed by atoms with E-state index in [-0.39, 0.29) is 17.7 Å². The van der Waals surface area contributed by atoms with Gasteiger partial charge in [-0.15, -0.1) is 13.2 Å². The molecule has 0 saturated carbocycles. The molecule has 0 aliphatic carbocycles. The first-order chi connectivity index (χ1) is 14.3. The summed E-state index contributed by atoms with van der Waals surface area (Å²) in [7, 11) is 0.